The highest BCUT2D eigenvalue weighted by molar-refractivity contribution is 6.35. The zero-order chi connectivity index (χ0) is 12.7. The van der Waals surface area contributed by atoms with Crippen LogP contribution in [0, 0.1) is 5.92 Å². The van der Waals surface area contributed by atoms with E-state index < -0.39 is 0 Å². The normalized spacial score (nSPS) is 17.3. The number of fused-ring (bicyclic) bond motifs is 1. The Morgan fingerprint density at radius 2 is 2.28 bits per heavy atom. The SMILES string of the molecule is C[C@H](NCc1nn(C)c2cccc(Cl)c12)C1CC1. The van der Waals surface area contributed by atoms with Gasteiger partial charge >= 0.3 is 0 Å². The van der Waals surface area contributed by atoms with E-state index in [1.807, 2.05) is 23.9 Å². The highest BCUT2D eigenvalue weighted by Gasteiger charge is 2.27. The monoisotopic (exact) mass is 263 g/mol. The minimum absolute atomic E-state index is 0.574. The molecule has 0 bridgehead atoms. The molecule has 1 aromatic carbocycles. The highest BCUT2D eigenvalue weighted by Crippen LogP contribution is 2.33. The molecule has 0 unspecified atom stereocenters. The number of aryl methyl sites for hydroxylation is 1. The van der Waals surface area contributed by atoms with Gasteiger partial charge in [0.2, 0.25) is 0 Å². The van der Waals surface area contributed by atoms with Gasteiger partial charge in [-0.1, -0.05) is 17.7 Å². The van der Waals surface area contributed by atoms with Gasteiger partial charge in [0.05, 0.1) is 16.2 Å². The Labute approximate surface area is 112 Å². The second-order valence-corrected chi connectivity index (χ2v) is 5.62. The van der Waals surface area contributed by atoms with Crippen LogP contribution in [0.3, 0.4) is 0 Å². The van der Waals surface area contributed by atoms with Gasteiger partial charge in [0.25, 0.3) is 0 Å². The lowest BCUT2D eigenvalue weighted by molar-refractivity contribution is 0.491. The summed E-state index contributed by atoms with van der Waals surface area (Å²) in [4.78, 5) is 0. The second-order valence-electron chi connectivity index (χ2n) is 5.21. The molecule has 1 N–H and O–H groups in total. The summed E-state index contributed by atoms with van der Waals surface area (Å²) >= 11 is 6.28. The van der Waals surface area contributed by atoms with Crippen LogP contribution in [-0.2, 0) is 13.6 Å². The fourth-order valence-electron chi connectivity index (χ4n) is 2.50. The average molecular weight is 264 g/mol. The standard InChI is InChI=1S/C14H18ClN3/c1-9(10-6-7-10)16-8-12-14-11(15)4-3-5-13(14)18(2)17-12/h3-5,9-10,16H,6-8H2,1-2H3/t9-/m0/s1. The van der Waals surface area contributed by atoms with Crippen LogP contribution in [0.25, 0.3) is 10.9 Å². The van der Waals surface area contributed by atoms with Crippen molar-refractivity contribution in [1.82, 2.24) is 15.1 Å². The zero-order valence-electron chi connectivity index (χ0n) is 10.8. The smallest absolute Gasteiger partial charge is 0.0856 e. The number of hydrogen-bond donors (Lipinski definition) is 1. The first-order valence-electron chi connectivity index (χ1n) is 6.50. The lowest BCUT2D eigenvalue weighted by atomic mass is 10.2. The van der Waals surface area contributed by atoms with Gasteiger partial charge in [-0.25, -0.2) is 0 Å². The molecule has 1 aromatic heterocycles. The Morgan fingerprint density at radius 1 is 1.50 bits per heavy atom. The topological polar surface area (TPSA) is 29.9 Å². The fraction of sp³-hybridized carbons (Fsp3) is 0.500. The van der Waals surface area contributed by atoms with Crippen LogP contribution in [0.15, 0.2) is 18.2 Å². The van der Waals surface area contributed by atoms with Gasteiger partial charge in [-0.15, -0.1) is 0 Å². The minimum Gasteiger partial charge on any atom is -0.308 e. The maximum atomic E-state index is 6.28. The first-order valence-corrected chi connectivity index (χ1v) is 6.88. The summed E-state index contributed by atoms with van der Waals surface area (Å²) in [5.41, 5.74) is 2.14. The molecule has 1 atom stereocenters. The lowest BCUT2D eigenvalue weighted by Crippen LogP contribution is -2.27. The third-order valence-electron chi connectivity index (χ3n) is 3.82. The Kier molecular flexibility index (Phi) is 3.04. The van der Waals surface area contributed by atoms with Crippen LogP contribution < -0.4 is 5.32 Å². The zero-order valence-corrected chi connectivity index (χ0v) is 11.5. The summed E-state index contributed by atoms with van der Waals surface area (Å²) in [7, 11) is 1.96. The summed E-state index contributed by atoms with van der Waals surface area (Å²) in [5, 5.41) is 10.0. The molecule has 4 heteroatoms. The molecule has 1 aliphatic carbocycles. The Balaban J connectivity index is 1.86. The summed E-state index contributed by atoms with van der Waals surface area (Å²) < 4.78 is 1.90. The Bertz CT molecular complexity index is 572. The highest BCUT2D eigenvalue weighted by atomic mass is 35.5. The number of halogens is 1. The molecule has 0 saturated heterocycles. The molecule has 0 amide bonds. The van der Waals surface area contributed by atoms with Crippen molar-refractivity contribution >= 4 is 22.5 Å². The predicted molar refractivity (Wildman–Crippen MR) is 74.7 cm³/mol. The van der Waals surface area contributed by atoms with Crippen molar-refractivity contribution in [2.45, 2.75) is 32.4 Å². The van der Waals surface area contributed by atoms with Crippen LogP contribution in [0.5, 0.6) is 0 Å². The van der Waals surface area contributed by atoms with Gasteiger partial charge in [0.15, 0.2) is 0 Å². The molecule has 3 rings (SSSR count). The molecule has 2 aromatic rings. The summed E-state index contributed by atoms with van der Waals surface area (Å²) in [6.07, 6.45) is 2.72. The molecule has 0 aliphatic heterocycles. The van der Waals surface area contributed by atoms with Gasteiger partial charge < -0.3 is 5.32 Å². The molecule has 3 nitrogen and oxygen atoms in total. The summed E-state index contributed by atoms with van der Waals surface area (Å²) in [6, 6.07) is 6.53. The number of aromatic nitrogens is 2. The van der Waals surface area contributed by atoms with E-state index in [0.717, 1.165) is 34.1 Å². The van der Waals surface area contributed by atoms with E-state index in [1.165, 1.54) is 12.8 Å². The van der Waals surface area contributed by atoms with E-state index in [9.17, 15) is 0 Å². The number of nitrogens with zero attached hydrogens (tertiary/aromatic N) is 2. The van der Waals surface area contributed by atoms with Crippen LogP contribution >= 0.6 is 11.6 Å². The quantitative estimate of drug-likeness (QED) is 0.919. The maximum absolute atomic E-state index is 6.28. The van der Waals surface area contributed by atoms with Crippen molar-refractivity contribution in [2.24, 2.45) is 13.0 Å². The van der Waals surface area contributed by atoms with Gasteiger partial charge in [-0.3, -0.25) is 4.68 Å². The number of benzene rings is 1. The molecule has 1 heterocycles. The van der Waals surface area contributed by atoms with Crippen molar-refractivity contribution < 1.29 is 0 Å². The van der Waals surface area contributed by atoms with Gasteiger partial charge in [-0.2, -0.15) is 5.10 Å². The number of hydrogen-bond acceptors (Lipinski definition) is 2. The van der Waals surface area contributed by atoms with E-state index in [1.54, 1.807) is 0 Å². The van der Waals surface area contributed by atoms with Crippen molar-refractivity contribution in [2.75, 3.05) is 0 Å². The third kappa shape index (κ3) is 2.13. The van der Waals surface area contributed by atoms with Crippen LogP contribution in [-0.4, -0.2) is 15.8 Å². The van der Waals surface area contributed by atoms with Crippen LogP contribution in [0.2, 0.25) is 5.02 Å². The van der Waals surface area contributed by atoms with Crippen molar-refractivity contribution in [3.05, 3.63) is 28.9 Å². The van der Waals surface area contributed by atoms with E-state index in [4.69, 9.17) is 11.6 Å². The molecule has 18 heavy (non-hydrogen) atoms. The Morgan fingerprint density at radius 3 is 3.00 bits per heavy atom. The van der Waals surface area contributed by atoms with Crippen LogP contribution in [0.1, 0.15) is 25.5 Å². The summed E-state index contributed by atoms with van der Waals surface area (Å²) in [5.74, 6) is 0.857. The molecule has 1 saturated carbocycles. The largest absolute Gasteiger partial charge is 0.308 e. The molecule has 96 valence electrons. The van der Waals surface area contributed by atoms with E-state index in [2.05, 4.69) is 23.4 Å². The first-order chi connectivity index (χ1) is 8.66. The molecule has 0 radical (unpaired) electrons. The van der Waals surface area contributed by atoms with Crippen molar-refractivity contribution in [3.63, 3.8) is 0 Å². The average Bonchev–Trinajstić information content (AvgIpc) is 3.14. The predicted octanol–water partition coefficient (Wildman–Crippen LogP) is 3.11. The van der Waals surface area contributed by atoms with E-state index in [0.29, 0.717) is 6.04 Å². The number of nitrogens with one attached hydrogen (secondary N) is 1. The lowest BCUT2D eigenvalue weighted by Gasteiger charge is -2.11. The van der Waals surface area contributed by atoms with Gasteiger partial charge in [0, 0.05) is 25.0 Å². The molecular weight excluding hydrogens is 246 g/mol. The van der Waals surface area contributed by atoms with E-state index >= 15 is 0 Å². The first kappa shape index (κ1) is 12.0. The molecular formula is C14H18ClN3. The van der Waals surface area contributed by atoms with Gasteiger partial charge in [-0.05, 0) is 37.8 Å². The van der Waals surface area contributed by atoms with E-state index in [-0.39, 0.29) is 0 Å². The minimum atomic E-state index is 0.574. The fourth-order valence-corrected chi connectivity index (χ4v) is 2.78. The maximum Gasteiger partial charge on any atom is 0.0856 e. The molecule has 1 aliphatic rings. The van der Waals surface area contributed by atoms with Crippen molar-refractivity contribution in [3.8, 4) is 0 Å². The molecule has 1 fully saturated rings. The summed E-state index contributed by atoms with van der Waals surface area (Å²) in [6.45, 7) is 3.04. The van der Waals surface area contributed by atoms with Crippen molar-refractivity contribution in [1.29, 1.82) is 0 Å². The Hall–Kier alpha value is -1.06. The third-order valence-corrected chi connectivity index (χ3v) is 4.14. The van der Waals surface area contributed by atoms with Gasteiger partial charge in [0.1, 0.15) is 0 Å². The van der Waals surface area contributed by atoms with Crippen LogP contribution in [0.4, 0.5) is 0 Å². The second kappa shape index (κ2) is 4.56. The number of rotatable bonds is 4. The molecule has 0 spiro atoms.